The summed E-state index contributed by atoms with van der Waals surface area (Å²) in [5.41, 5.74) is 0. The van der Waals surface area contributed by atoms with Gasteiger partial charge in [0.05, 0.1) is 0 Å². The second-order valence-corrected chi connectivity index (χ2v) is 5.22. The number of hydrogen-bond donors (Lipinski definition) is 1. The van der Waals surface area contributed by atoms with Crippen molar-refractivity contribution >= 4 is 16.7 Å². The Bertz CT molecular complexity index is 387. The van der Waals surface area contributed by atoms with Crippen molar-refractivity contribution in [3.8, 4) is 0 Å². The fraction of sp³-hybridized carbons (Fsp3) is 0.800. The highest BCUT2D eigenvalue weighted by Gasteiger charge is 2.36. The van der Waals surface area contributed by atoms with Gasteiger partial charge in [0, 0.05) is 25.1 Å². The summed E-state index contributed by atoms with van der Waals surface area (Å²) in [4.78, 5) is 5.29. The van der Waals surface area contributed by atoms with Crippen LogP contribution in [0.1, 0.15) is 18.7 Å². The molecule has 2 rings (SSSR count). The second kappa shape index (κ2) is 5.40. The van der Waals surface area contributed by atoms with Gasteiger partial charge in [-0.3, -0.25) is 0 Å². The molecule has 1 unspecified atom stereocenters. The standard InChI is InChI=1S/C10H15F3N4S/c1-17(6-7-3-2-4-14-5-7)9-15-8(16-18-9)10(11,12)13/h7,14H,2-6H2,1H3. The average molecular weight is 280 g/mol. The molecule has 0 saturated carbocycles. The molecule has 1 aromatic heterocycles. The predicted molar refractivity (Wildman–Crippen MR) is 63.8 cm³/mol. The van der Waals surface area contributed by atoms with Crippen molar-refractivity contribution in [1.29, 1.82) is 0 Å². The van der Waals surface area contributed by atoms with Crippen molar-refractivity contribution < 1.29 is 13.2 Å². The second-order valence-electron chi connectivity index (χ2n) is 4.49. The first-order valence-corrected chi connectivity index (χ1v) is 6.57. The largest absolute Gasteiger partial charge is 0.452 e. The van der Waals surface area contributed by atoms with Crippen LogP contribution in [0.4, 0.5) is 18.3 Å². The number of hydrogen-bond acceptors (Lipinski definition) is 5. The Balaban J connectivity index is 1.96. The Morgan fingerprint density at radius 2 is 2.28 bits per heavy atom. The van der Waals surface area contributed by atoms with E-state index in [1.54, 1.807) is 11.9 Å². The van der Waals surface area contributed by atoms with Gasteiger partial charge in [-0.1, -0.05) is 0 Å². The molecule has 0 aliphatic carbocycles. The van der Waals surface area contributed by atoms with Crippen molar-refractivity contribution in [3.05, 3.63) is 5.82 Å². The van der Waals surface area contributed by atoms with Crippen LogP contribution in [0.5, 0.6) is 0 Å². The molecule has 1 aliphatic rings. The van der Waals surface area contributed by atoms with E-state index in [1.165, 1.54) is 0 Å². The van der Waals surface area contributed by atoms with E-state index >= 15 is 0 Å². The Hall–Kier alpha value is -0.890. The average Bonchev–Trinajstić information content (AvgIpc) is 2.79. The first-order chi connectivity index (χ1) is 8.47. The van der Waals surface area contributed by atoms with Crippen LogP contribution in [0.2, 0.25) is 0 Å². The monoisotopic (exact) mass is 280 g/mol. The molecule has 1 fully saturated rings. The molecule has 1 saturated heterocycles. The van der Waals surface area contributed by atoms with Gasteiger partial charge >= 0.3 is 6.18 Å². The minimum Gasteiger partial charge on any atom is -0.350 e. The Morgan fingerprint density at radius 1 is 1.50 bits per heavy atom. The zero-order valence-corrected chi connectivity index (χ0v) is 10.8. The van der Waals surface area contributed by atoms with Crippen LogP contribution < -0.4 is 10.2 Å². The summed E-state index contributed by atoms with van der Waals surface area (Å²) in [5.74, 6) is -0.585. The maximum atomic E-state index is 12.4. The van der Waals surface area contributed by atoms with Gasteiger partial charge in [0.1, 0.15) is 0 Å². The van der Waals surface area contributed by atoms with Crippen LogP contribution in [0.3, 0.4) is 0 Å². The third kappa shape index (κ3) is 3.32. The molecule has 0 spiro atoms. The van der Waals surface area contributed by atoms with Crippen molar-refractivity contribution in [1.82, 2.24) is 14.7 Å². The lowest BCUT2D eigenvalue weighted by molar-refractivity contribution is -0.144. The predicted octanol–water partition coefficient (Wildman–Crippen LogP) is 1.99. The third-order valence-corrected chi connectivity index (χ3v) is 3.76. The number of anilines is 1. The zero-order valence-electron chi connectivity index (χ0n) is 10.00. The Kier molecular flexibility index (Phi) is 4.06. The van der Waals surface area contributed by atoms with Gasteiger partial charge in [-0.25, -0.2) is 0 Å². The van der Waals surface area contributed by atoms with Gasteiger partial charge in [0.15, 0.2) is 0 Å². The lowest BCUT2D eigenvalue weighted by Crippen LogP contribution is -2.36. The molecule has 1 N–H and O–H groups in total. The number of aromatic nitrogens is 2. The highest BCUT2D eigenvalue weighted by atomic mass is 32.1. The lowest BCUT2D eigenvalue weighted by Gasteiger charge is -2.27. The van der Waals surface area contributed by atoms with E-state index < -0.39 is 12.0 Å². The fourth-order valence-corrected chi connectivity index (χ4v) is 2.68. The normalized spacial score (nSPS) is 21.0. The maximum Gasteiger partial charge on any atom is 0.452 e. The lowest BCUT2D eigenvalue weighted by atomic mass is 9.99. The zero-order chi connectivity index (χ0) is 13.2. The van der Waals surface area contributed by atoms with Crippen molar-refractivity contribution in [3.63, 3.8) is 0 Å². The van der Waals surface area contributed by atoms with Crippen LogP contribution in [0, 0.1) is 5.92 Å². The number of nitrogens with one attached hydrogen (secondary N) is 1. The number of alkyl halides is 3. The smallest absolute Gasteiger partial charge is 0.350 e. The summed E-state index contributed by atoms with van der Waals surface area (Å²) in [5, 5.41) is 3.61. The van der Waals surface area contributed by atoms with Gasteiger partial charge in [-0.2, -0.15) is 22.5 Å². The molecular weight excluding hydrogens is 265 g/mol. The first kappa shape index (κ1) is 13.5. The third-order valence-electron chi connectivity index (χ3n) is 2.93. The maximum absolute atomic E-state index is 12.4. The SMILES string of the molecule is CN(CC1CCCNC1)c1nc(C(F)(F)F)ns1. The highest BCUT2D eigenvalue weighted by molar-refractivity contribution is 7.09. The van der Waals surface area contributed by atoms with Crippen LogP contribution in [-0.4, -0.2) is 36.0 Å². The van der Waals surface area contributed by atoms with E-state index in [1.807, 2.05) is 0 Å². The van der Waals surface area contributed by atoms with E-state index in [4.69, 9.17) is 0 Å². The molecule has 1 aromatic rings. The van der Waals surface area contributed by atoms with Crippen molar-refractivity contribution in [2.45, 2.75) is 19.0 Å². The fourth-order valence-electron chi connectivity index (χ4n) is 2.03. The Labute approximate surface area is 107 Å². The summed E-state index contributed by atoms with van der Waals surface area (Å²) < 4.78 is 40.5. The Morgan fingerprint density at radius 3 is 2.83 bits per heavy atom. The van der Waals surface area contributed by atoms with E-state index in [2.05, 4.69) is 14.7 Å². The number of nitrogens with zero attached hydrogens (tertiary/aromatic N) is 3. The van der Waals surface area contributed by atoms with Gasteiger partial charge in [-0.15, -0.1) is 0 Å². The van der Waals surface area contributed by atoms with Gasteiger partial charge < -0.3 is 10.2 Å². The molecule has 1 atom stereocenters. The molecule has 0 aromatic carbocycles. The molecule has 0 radical (unpaired) electrons. The van der Waals surface area contributed by atoms with Crippen LogP contribution >= 0.6 is 11.5 Å². The van der Waals surface area contributed by atoms with Crippen LogP contribution in [-0.2, 0) is 6.18 Å². The number of piperidine rings is 1. The molecular formula is C10H15F3N4S. The molecule has 0 amide bonds. The van der Waals surface area contributed by atoms with Crippen LogP contribution in [0.15, 0.2) is 0 Å². The van der Waals surface area contributed by atoms with Gasteiger partial charge in [0.2, 0.25) is 11.0 Å². The van der Waals surface area contributed by atoms with E-state index in [0.717, 1.165) is 37.5 Å². The molecule has 1 aliphatic heterocycles. The van der Waals surface area contributed by atoms with E-state index in [-0.39, 0.29) is 0 Å². The minimum absolute atomic E-state index is 0.327. The van der Waals surface area contributed by atoms with Crippen molar-refractivity contribution in [2.75, 3.05) is 31.6 Å². The van der Waals surface area contributed by atoms with E-state index in [0.29, 0.717) is 17.6 Å². The number of rotatable bonds is 3. The van der Waals surface area contributed by atoms with E-state index in [9.17, 15) is 13.2 Å². The summed E-state index contributed by atoms with van der Waals surface area (Å²) in [6, 6.07) is 0. The van der Waals surface area contributed by atoms with Crippen molar-refractivity contribution in [2.24, 2.45) is 5.92 Å². The molecule has 2 heterocycles. The molecule has 4 nitrogen and oxygen atoms in total. The molecule has 8 heteroatoms. The summed E-state index contributed by atoms with van der Waals surface area (Å²) >= 11 is 0.798. The summed E-state index contributed by atoms with van der Waals surface area (Å²) in [6.45, 7) is 2.64. The summed E-state index contributed by atoms with van der Waals surface area (Å²) in [6.07, 6.45) is -2.24. The first-order valence-electron chi connectivity index (χ1n) is 5.79. The molecule has 0 bridgehead atoms. The topological polar surface area (TPSA) is 41.0 Å². The number of halogens is 3. The highest BCUT2D eigenvalue weighted by Crippen LogP contribution is 2.30. The quantitative estimate of drug-likeness (QED) is 0.919. The summed E-state index contributed by atoms with van der Waals surface area (Å²) in [7, 11) is 1.76. The molecule has 18 heavy (non-hydrogen) atoms. The van der Waals surface area contributed by atoms with Gasteiger partial charge in [-0.05, 0) is 31.8 Å². The minimum atomic E-state index is -4.46. The van der Waals surface area contributed by atoms with Crippen LogP contribution in [0.25, 0.3) is 0 Å². The molecule has 102 valence electrons. The van der Waals surface area contributed by atoms with Gasteiger partial charge in [0.25, 0.3) is 0 Å².